The maximum absolute atomic E-state index is 13.8. The minimum absolute atomic E-state index is 0.0963. The summed E-state index contributed by atoms with van der Waals surface area (Å²) >= 11 is 0. The van der Waals surface area contributed by atoms with E-state index in [1.54, 1.807) is 29.6 Å². The van der Waals surface area contributed by atoms with Gasteiger partial charge < -0.3 is 9.42 Å². The Morgan fingerprint density at radius 3 is 2.78 bits per heavy atom. The van der Waals surface area contributed by atoms with Crippen LogP contribution in [0.1, 0.15) is 72.0 Å². The largest absolute Gasteiger partial charge is 0.417 e. The first-order valence-electron chi connectivity index (χ1n) is 10.9. The van der Waals surface area contributed by atoms with Gasteiger partial charge in [0.2, 0.25) is 0 Å². The van der Waals surface area contributed by atoms with Crippen LogP contribution in [0.3, 0.4) is 0 Å². The van der Waals surface area contributed by atoms with Crippen molar-refractivity contribution >= 4 is 17.0 Å². The number of hydrogen-bond acceptors (Lipinski definition) is 5. The van der Waals surface area contributed by atoms with Gasteiger partial charge in [0, 0.05) is 37.4 Å². The molecule has 0 aromatic carbocycles. The fraction of sp³-hybridized carbons (Fsp3) is 0.545. The Hall–Kier alpha value is -2.91. The number of carbonyl (C=O) groups is 1. The predicted octanol–water partition coefficient (Wildman–Crippen LogP) is 4.74. The standard InChI is InChI=1S/C22H26F3N5O2/c1-4-8-30-12-16(13(3)27-30)21(31)29-9-6-7-14(11-29)19-18-17(22(23,24)25)10-15(5-2)26-20(18)32-28-19/h10,12,14H,4-9,11H2,1-3H3. The molecular formula is C22H26F3N5O2. The third-order valence-corrected chi connectivity index (χ3v) is 5.92. The van der Waals surface area contributed by atoms with E-state index in [-0.39, 0.29) is 35.2 Å². The molecule has 0 radical (unpaired) electrons. The molecule has 0 spiro atoms. The molecule has 0 saturated carbocycles. The lowest BCUT2D eigenvalue weighted by atomic mass is 9.91. The summed E-state index contributed by atoms with van der Waals surface area (Å²) in [5.41, 5.74) is 0.802. The van der Waals surface area contributed by atoms with E-state index in [1.165, 1.54) is 0 Å². The van der Waals surface area contributed by atoms with Crippen molar-refractivity contribution in [2.24, 2.45) is 0 Å². The molecular weight excluding hydrogens is 423 g/mol. The number of likely N-dealkylation sites (tertiary alicyclic amines) is 1. The summed E-state index contributed by atoms with van der Waals surface area (Å²) in [5, 5.41) is 8.28. The summed E-state index contributed by atoms with van der Waals surface area (Å²) in [4.78, 5) is 19.0. The molecule has 0 aliphatic carbocycles. The van der Waals surface area contributed by atoms with Gasteiger partial charge in [0.15, 0.2) is 0 Å². The summed E-state index contributed by atoms with van der Waals surface area (Å²) in [6, 6.07) is 1.07. The van der Waals surface area contributed by atoms with Crippen molar-refractivity contribution in [1.82, 2.24) is 24.8 Å². The van der Waals surface area contributed by atoms with Gasteiger partial charge in [-0.3, -0.25) is 9.48 Å². The van der Waals surface area contributed by atoms with Crippen molar-refractivity contribution in [3.8, 4) is 0 Å². The average molecular weight is 449 g/mol. The van der Waals surface area contributed by atoms with E-state index in [0.717, 1.165) is 12.5 Å². The average Bonchev–Trinajstić information content (AvgIpc) is 3.35. The molecule has 172 valence electrons. The molecule has 1 fully saturated rings. The van der Waals surface area contributed by atoms with Crippen molar-refractivity contribution in [2.45, 2.75) is 65.1 Å². The smallest absolute Gasteiger partial charge is 0.338 e. The zero-order chi connectivity index (χ0) is 23.0. The predicted molar refractivity (Wildman–Crippen MR) is 111 cm³/mol. The van der Waals surface area contributed by atoms with Gasteiger partial charge in [-0.2, -0.15) is 18.3 Å². The van der Waals surface area contributed by atoms with Crippen LogP contribution in [0.5, 0.6) is 0 Å². The molecule has 1 amide bonds. The summed E-state index contributed by atoms with van der Waals surface area (Å²) in [5.74, 6) is -0.528. The highest BCUT2D eigenvalue weighted by atomic mass is 19.4. The van der Waals surface area contributed by atoms with E-state index in [1.807, 2.05) is 6.92 Å². The van der Waals surface area contributed by atoms with Crippen molar-refractivity contribution in [1.29, 1.82) is 0 Å². The number of pyridine rings is 1. The normalized spacial score (nSPS) is 17.3. The minimum Gasteiger partial charge on any atom is -0.338 e. The van der Waals surface area contributed by atoms with Gasteiger partial charge in [-0.05, 0) is 38.7 Å². The Bertz CT molecular complexity index is 1130. The molecule has 10 heteroatoms. The Morgan fingerprint density at radius 1 is 1.31 bits per heavy atom. The van der Waals surface area contributed by atoms with Crippen molar-refractivity contribution in [3.63, 3.8) is 0 Å². The summed E-state index contributed by atoms with van der Waals surface area (Å²) in [6.45, 7) is 7.08. The van der Waals surface area contributed by atoms with Gasteiger partial charge in [0.1, 0.15) is 0 Å². The Balaban J connectivity index is 1.66. The van der Waals surface area contributed by atoms with E-state index in [0.29, 0.717) is 49.3 Å². The lowest BCUT2D eigenvalue weighted by Gasteiger charge is -2.32. The van der Waals surface area contributed by atoms with Crippen LogP contribution in [0.2, 0.25) is 0 Å². The van der Waals surface area contributed by atoms with Gasteiger partial charge in [0.05, 0.1) is 27.9 Å². The minimum atomic E-state index is -4.56. The molecule has 4 rings (SSSR count). The Morgan fingerprint density at radius 2 is 2.09 bits per heavy atom. The third kappa shape index (κ3) is 4.10. The van der Waals surface area contributed by atoms with Gasteiger partial charge in [0.25, 0.3) is 11.6 Å². The quantitative estimate of drug-likeness (QED) is 0.562. The Kier molecular flexibility index (Phi) is 5.96. The van der Waals surface area contributed by atoms with Gasteiger partial charge in [-0.25, -0.2) is 4.98 Å². The summed E-state index contributed by atoms with van der Waals surface area (Å²) < 4.78 is 48.5. The Labute approximate surface area is 183 Å². The van der Waals surface area contributed by atoms with Crippen LogP contribution < -0.4 is 0 Å². The second-order valence-electron chi connectivity index (χ2n) is 8.24. The highest BCUT2D eigenvalue weighted by Crippen LogP contribution is 2.40. The third-order valence-electron chi connectivity index (χ3n) is 5.92. The maximum atomic E-state index is 13.8. The maximum Gasteiger partial charge on any atom is 0.417 e. The van der Waals surface area contributed by atoms with Gasteiger partial charge >= 0.3 is 6.18 Å². The fourth-order valence-corrected chi connectivity index (χ4v) is 4.33. The molecule has 7 nitrogen and oxygen atoms in total. The molecule has 4 heterocycles. The first-order valence-corrected chi connectivity index (χ1v) is 10.9. The van der Waals surface area contributed by atoms with Crippen molar-refractivity contribution in [3.05, 3.63) is 40.5 Å². The van der Waals surface area contributed by atoms with Crippen molar-refractivity contribution < 1.29 is 22.5 Å². The molecule has 1 aliphatic heterocycles. The highest BCUT2D eigenvalue weighted by Gasteiger charge is 2.38. The number of carbonyl (C=O) groups excluding carboxylic acids is 1. The lowest BCUT2D eigenvalue weighted by Crippen LogP contribution is -2.39. The van der Waals surface area contributed by atoms with E-state index in [4.69, 9.17) is 4.52 Å². The number of hydrogen-bond donors (Lipinski definition) is 0. The second-order valence-corrected chi connectivity index (χ2v) is 8.24. The van der Waals surface area contributed by atoms with Crippen LogP contribution in [0.25, 0.3) is 11.1 Å². The molecule has 0 bridgehead atoms. The zero-order valence-electron chi connectivity index (χ0n) is 18.4. The molecule has 1 saturated heterocycles. The van der Waals surface area contributed by atoms with Crippen LogP contribution >= 0.6 is 0 Å². The topological polar surface area (TPSA) is 77.0 Å². The van der Waals surface area contributed by atoms with Crippen LogP contribution in [0.15, 0.2) is 16.8 Å². The zero-order valence-corrected chi connectivity index (χ0v) is 18.4. The number of halogens is 3. The fourth-order valence-electron chi connectivity index (χ4n) is 4.33. The molecule has 0 N–H and O–H groups in total. The molecule has 3 aromatic rings. The summed E-state index contributed by atoms with van der Waals surface area (Å²) in [7, 11) is 0. The number of aromatic nitrogens is 4. The molecule has 1 atom stereocenters. The SMILES string of the molecule is CCCn1cc(C(=O)N2CCCC(c3noc4nc(CC)cc(C(F)(F)F)c34)C2)c(C)n1. The van der Waals surface area contributed by atoms with Crippen molar-refractivity contribution in [2.75, 3.05) is 13.1 Å². The number of alkyl halides is 3. The van der Waals surface area contributed by atoms with E-state index < -0.39 is 11.7 Å². The van der Waals surface area contributed by atoms with Crippen LogP contribution in [-0.4, -0.2) is 43.8 Å². The van der Waals surface area contributed by atoms with Gasteiger partial charge in [-0.1, -0.05) is 19.0 Å². The van der Waals surface area contributed by atoms with Crippen LogP contribution in [0.4, 0.5) is 13.2 Å². The van der Waals surface area contributed by atoms with Crippen LogP contribution in [0, 0.1) is 6.92 Å². The lowest BCUT2D eigenvalue weighted by molar-refractivity contribution is -0.136. The number of rotatable bonds is 5. The number of nitrogens with zero attached hydrogens (tertiary/aromatic N) is 5. The monoisotopic (exact) mass is 449 g/mol. The van der Waals surface area contributed by atoms with E-state index in [2.05, 4.69) is 15.2 Å². The summed E-state index contributed by atoms with van der Waals surface area (Å²) in [6.07, 6.45) is -0.281. The number of aryl methyl sites for hydroxylation is 3. The molecule has 1 aliphatic rings. The molecule has 32 heavy (non-hydrogen) atoms. The second kappa shape index (κ2) is 8.55. The highest BCUT2D eigenvalue weighted by molar-refractivity contribution is 5.95. The molecule has 1 unspecified atom stereocenters. The number of fused-ring (bicyclic) bond motifs is 1. The molecule has 3 aromatic heterocycles. The number of piperidine rings is 1. The first-order chi connectivity index (χ1) is 15.2. The van der Waals surface area contributed by atoms with Crippen LogP contribution in [-0.2, 0) is 19.1 Å². The first kappa shape index (κ1) is 22.3. The number of amides is 1. The van der Waals surface area contributed by atoms with E-state index in [9.17, 15) is 18.0 Å². The van der Waals surface area contributed by atoms with E-state index >= 15 is 0 Å². The van der Waals surface area contributed by atoms with Gasteiger partial charge in [-0.15, -0.1) is 0 Å².